The molecule has 1 aliphatic rings. The van der Waals surface area contributed by atoms with Crippen LogP contribution in [0.4, 0.5) is 4.79 Å². The van der Waals surface area contributed by atoms with Crippen molar-refractivity contribution >= 4 is 12.0 Å². The largest absolute Gasteiger partial charge is 0.493 e. The quantitative estimate of drug-likeness (QED) is 0.702. The van der Waals surface area contributed by atoms with E-state index in [9.17, 15) is 9.59 Å². The van der Waals surface area contributed by atoms with Crippen molar-refractivity contribution in [2.24, 2.45) is 5.92 Å². The van der Waals surface area contributed by atoms with E-state index >= 15 is 0 Å². The number of benzene rings is 1. The summed E-state index contributed by atoms with van der Waals surface area (Å²) in [6.45, 7) is 2.81. The Hall–Kier alpha value is -2.44. The van der Waals surface area contributed by atoms with Crippen LogP contribution in [0.3, 0.4) is 0 Å². The predicted molar refractivity (Wildman–Crippen MR) is 92.9 cm³/mol. The van der Waals surface area contributed by atoms with Gasteiger partial charge in [-0.1, -0.05) is 6.07 Å². The van der Waals surface area contributed by atoms with E-state index in [4.69, 9.17) is 14.6 Å². The van der Waals surface area contributed by atoms with Crippen molar-refractivity contribution in [3.8, 4) is 11.5 Å². The van der Waals surface area contributed by atoms with Gasteiger partial charge in [0, 0.05) is 12.6 Å². The smallest absolute Gasteiger partial charge is 0.315 e. The van der Waals surface area contributed by atoms with Crippen LogP contribution in [-0.2, 0) is 11.3 Å². The lowest BCUT2D eigenvalue weighted by Gasteiger charge is -2.26. The van der Waals surface area contributed by atoms with Crippen LogP contribution >= 0.6 is 0 Å². The van der Waals surface area contributed by atoms with Crippen LogP contribution in [0, 0.1) is 5.92 Å². The number of aliphatic carboxylic acids is 1. The van der Waals surface area contributed by atoms with E-state index in [0.29, 0.717) is 50.3 Å². The summed E-state index contributed by atoms with van der Waals surface area (Å²) >= 11 is 0. The first-order chi connectivity index (χ1) is 12.0. The van der Waals surface area contributed by atoms with Gasteiger partial charge in [-0.05, 0) is 50.3 Å². The first-order valence-electron chi connectivity index (χ1n) is 8.60. The van der Waals surface area contributed by atoms with E-state index in [-0.39, 0.29) is 18.0 Å². The zero-order chi connectivity index (χ0) is 18.2. The lowest BCUT2D eigenvalue weighted by atomic mass is 9.86. The molecule has 0 heterocycles. The highest BCUT2D eigenvalue weighted by Gasteiger charge is 2.26. The molecule has 0 atom stereocenters. The van der Waals surface area contributed by atoms with E-state index in [1.54, 1.807) is 7.11 Å². The number of rotatable bonds is 7. The molecule has 0 saturated heterocycles. The third kappa shape index (κ3) is 5.55. The molecule has 2 amide bonds. The first-order valence-corrected chi connectivity index (χ1v) is 8.60. The predicted octanol–water partition coefficient (Wildman–Crippen LogP) is 2.54. The maximum Gasteiger partial charge on any atom is 0.315 e. The molecule has 0 unspecified atom stereocenters. The van der Waals surface area contributed by atoms with Gasteiger partial charge in [0.05, 0.1) is 19.6 Å². The number of ether oxygens (including phenoxy) is 2. The lowest BCUT2D eigenvalue weighted by Crippen LogP contribution is -2.43. The second kappa shape index (κ2) is 9.15. The van der Waals surface area contributed by atoms with Gasteiger partial charge in [0.1, 0.15) is 0 Å². The molecule has 7 heteroatoms. The molecule has 25 heavy (non-hydrogen) atoms. The third-order valence-electron chi connectivity index (χ3n) is 4.39. The molecular formula is C18H26N2O5. The van der Waals surface area contributed by atoms with Gasteiger partial charge in [-0.3, -0.25) is 4.79 Å². The maximum absolute atomic E-state index is 12.0. The number of carbonyl (C=O) groups is 2. The summed E-state index contributed by atoms with van der Waals surface area (Å²) in [4.78, 5) is 23.0. The highest BCUT2D eigenvalue weighted by molar-refractivity contribution is 5.74. The van der Waals surface area contributed by atoms with Crippen molar-refractivity contribution in [1.82, 2.24) is 10.6 Å². The summed E-state index contributed by atoms with van der Waals surface area (Å²) in [6, 6.07) is 5.33. The van der Waals surface area contributed by atoms with E-state index in [2.05, 4.69) is 10.6 Å². The highest BCUT2D eigenvalue weighted by atomic mass is 16.5. The second-order valence-corrected chi connectivity index (χ2v) is 6.13. The fraction of sp³-hybridized carbons (Fsp3) is 0.556. The number of nitrogens with one attached hydrogen (secondary N) is 2. The van der Waals surface area contributed by atoms with Crippen LogP contribution in [0.1, 0.15) is 38.2 Å². The molecule has 7 nitrogen and oxygen atoms in total. The molecule has 0 bridgehead atoms. The minimum absolute atomic E-state index is 0.0328. The van der Waals surface area contributed by atoms with Crippen LogP contribution in [0.15, 0.2) is 18.2 Å². The average molecular weight is 350 g/mol. The van der Waals surface area contributed by atoms with Gasteiger partial charge in [0.25, 0.3) is 0 Å². The Morgan fingerprint density at radius 2 is 1.92 bits per heavy atom. The summed E-state index contributed by atoms with van der Waals surface area (Å²) in [6.07, 6.45) is 2.61. The number of urea groups is 1. The van der Waals surface area contributed by atoms with Crippen LogP contribution in [0.2, 0.25) is 0 Å². The van der Waals surface area contributed by atoms with Gasteiger partial charge in [-0.25, -0.2) is 4.79 Å². The number of methoxy groups -OCH3 is 1. The van der Waals surface area contributed by atoms with E-state index in [1.807, 2.05) is 25.1 Å². The highest BCUT2D eigenvalue weighted by Crippen LogP contribution is 2.28. The van der Waals surface area contributed by atoms with Gasteiger partial charge in [0.15, 0.2) is 11.5 Å². The molecular weight excluding hydrogens is 324 g/mol. The molecule has 1 aromatic carbocycles. The SMILES string of the molecule is CCOc1cc(CNC(=O)NC2CCC(C(=O)O)CC2)ccc1OC. The van der Waals surface area contributed by atoms with Crippen molar-refractivity contribution in [1.29, 1.82) is 0 Å². The Bertz CT molecular complexity index is 597. The van der Waals surface area contributed by atoms with E-state index in [1.165, 1.54) is 0 Å². The lowest BCUT2D eigenvalue weighted by molar-refractivity contribution is -0.142. The van der Waals surface area contributed by atoms with Crippen LogP contribution < -0.4 is 20.1 Å². The van der Waals surface area contributed by atoms with Crippen LogP contribution in [-0.4, -0.2) is 36.9 Å². The zero-order valence-corrected chi connectivity index (χ0v) is 14.7. The summed E-state index contributed by atoms with van der Waals surface area (Å²) in [5.41, 5.74) is 0.911. The molecule has 0 spiro atoms. The van der Waals surface area contributed by atoms with Crippen molar-refractivity contribution in [2.75, 3.05) is 13.7 Å². The summed E-state index contributed by atoms with van der Waals surface area (Å²) in [5.74, 6) is 0.284. The van der Waals surface area contributed by atoms with Crippen LogP contribution in [0.25, 0.3) is 0 Å². The van der Waals surface area contributed by atoms with E-state index in [0.717, 1.165) is 5.56 Å². The summed E-state index contributed by atoms with van der Waals surface area (Å²) in [7, 11) is 1.59. The molecule has 0 aliphatic heterocycles. The number of hydrogen-bond acceptors (Lipinski definition) is 4. The number of amides is 2. The van der Waals surface area contributed by atoms with Crippen molar-refractivity contribution in [3.05, 3.63) is 23.8 Å². The fourth-order valence-corrected chi connectivity index (χ4v) is 3.00. The normalized spacial score (nSPS) is 19.8. The summed E-state index contributed by atoms with van der Waals surface area (Å²) < 4.78 is 10.8. The van der Waals surface area contributed by atoms with E-state index < -0.39 is 5.97 Å². The fourth-order valence-electron chi connectivity index (χ4n) is 3.00. The Morgan fingerprint density at radius 1 is 1.20 bits per heavy atom. The molecule has 1 aromatic rings. The molecule has 138 valence electrons. The van der Waals surface area contributed by atoms with Crippen molar-refractivity contribution < 1.29 is 24.2 Å². The number of hydrogen-bond donors (Lipinski definition) is 3. The molecule has 1 fully saturated rings. The van der Waals surface area contributed by atoms with Gasteiger partial charge < -0.3 is 25.2 Å². The van der Waals surface area contributed by atoms with Gasteiger partial charge in [-0.2, -0.15) is 0 Å². The van der Waals surface area contributed by atoms with Crippen LogP contribution in [0.5, 0.6) is 11.5 Å². The second-order valence-electron chi connectivity index (χ2n) is 6.13. The number of carboxylic acid groups (broad SMARTS) is 1. The Balaban J connectivity index is 1.80. The topological polar surface area (TPSA) is 96.9 Å². The third-order valence-corrected chi connectivity index (χ3v) is 4.39. The van der Waals surface area contributed by atoms with Crippen molar-refractivity contribution in [2.45, 2.75) is 45.2 Å². The minimum atomic E-state index is -0.743. The monoisotopic (exact) mass is 350 g/mol. The van der Waals surface area contributed by atoms with Gasteiger partial charge in [0.2, 0.25) is 0 Å². The number of carbonyl (C=O) groups excluding carboxylic acids is 1. The molecule has 2 rings (SSSR count). The number of carboxylic acids is 1. The molecule has 1 aliphatic carbocycles. The molecule has 0 aromatic heterocycles. The Labute approximate surface area is 147 Å². The average Bonchev–Trinajstić information content (AvgIpc) is 2.61. The van der Waals surface area contributed by atoms with Gasteiger partial charge >= 0.3 is 12.0 Å². The Kier molecular flexibility index (Phi) is 6.91. The Morgan fingerprint density at radius 3 is 2.52 bits per heavy atom. The molecule has 1 saturated carbocycles. The maximum atomic E-state index is 12.0. The standard InChI is InChI=1S/C18H26N2O5/c1-3-25-16-10-12(4-9-15(16)24-2)11-19-18(23)20-14-7-5-13(6-8-14)17(21)22/h4,9-10,13-14H,3,5-8,11H2,1-2H3,(H,21,22)(H2,19,20,23). The zero-order valence-electron chi connectivity index (χ0n) is 14.7. The molecule has 0 radical (unpaired) electrons. The summed E-state index contributed by atoms with van der Waals surface area (Å²) in [5, 5.41) is 14.7. The minimum Gasteiger partial charge on any atom is -0.493 e. The van der Waals surface area contributed by atoms with Crippen molar-refractivity contribution in [3.63, 3.8) is 0 Å². The first kappa shape index (κ1) is 18.9. The van der Waals surface area contributed by atoms with Gasteiger partial charge in [-0.15, -0.1) is 0 Å². The molecule has 3 N–H and O–H groups in total.